The van der Waals surface area contributed by atoms with Crippen LogP contribution >= 0.6 is 23.2 Å². The van der Waals surface area contributed by atoms with Crippen LogP contribution < -0.4 is 5.32 Å². The van der Waals surface area contributed by atoms with Crippen molar-refractivity contribution >= 4 is 29.2 Å². The molecule has 1 N–H and O–H groups in total. The predicted octanol–water partition coefficient (Wildman–Crippen LogP) is 4.43. The van der Waals surface area contributed by atoms with Gasteiger partial charge in [0.1, 0.15) is 5.60 Å². The first kappa shape index (κ1) is 16.3. The summed E-state index contributed by atoms with van der Waals surface area (Å²) in [5, 5.41) is 4.15. The Morgan fingerprint density at radius 3 is 2.22 bits per heavy atom. The van der Waals surface area contributed by atoms with Crippen LogP contribution in [-0.4, -0.2) is 19.1 Å². The molecule has 0 bridgehead atoms. The molecule has 1 heterocycles. The number of carbonyl (C=O) groups excluding carboxylic acids is 1. The third-order valence-electron chi connectivity index (χ3n) is 4.10. The van der Waals surface area contributed by atoms with Crippen LogP contribution in [0.3, 0.4) is 0 Å². The average Bonchev–Trinajstić information content (AvgIpc) is 2.55. The molecule has 0 amide bonds. The summed E-state index contributed by atoms with van der Waals surface area (Å²) in [6.07, 6.45) is 1.47. The zero-order valence-corrected chi connectivity index (χ0v) is 14.0. The molecule has 3 nitrogen and oxygen atoms in total. The number of benzene rings is 2. The first-order valence-corrected chi connectivity index (χ1v) is 8.30. The molecule has 2 aromatic rings. The maximum absolute atomic E-state index is 12.6. The zero-order chi connectivity index (χ0) is 16.3. The van der Waals surface area contributed by atoms with Gasteiger partial charge in [-0.15, -0.1) is 0 Å². The molecule has 0 atom stereocenters. The normalized spacial score (nSPS) is 16.8. The van der Waals surface area contributed by atoms with Crippen LogP contribution in [0, 0.1) is 0 Å². The molecule has 3 rings (SSSR count). The molecular weight excluding hydrogens is 333 g/mol. The Morgan fingerprint density at radius 2 is 1.61 bits per heavy atom. The Labute approximate surface area is 145 Å². The topological polar surface area (TPSA) is 38.3 Å². The minimum atomic E-state index is -0.613. The van der Waals surface area contributed by atoms with Gasteiger partial charge in [-0.1, -0.05) is 53.5 Å². The number of hydrogen-bond acceptors (Lipinski definition) is 3. The highest BCUT2D eigenvalue weighted by Crippen LogP contribution is 2.36. The summed E-state index contributed by atoms with van der Waals surface area (Å²) in [5.41, 5.74) is 0.776. The van der Waals surface area contributed by atoms with Gasteiger partial charge in [0.25, 0.3) is 0 Å². The highest BCUT2D eigenvalue weighted by Gasteiger charge is 2.38. The largest absolute Gasteiger partial charge is 0.450 e. The number of carbonyl (C=O) groups is 1. The maximum atomic E-state index is 12.6. The highest BCUT2D eigenvalue weighted by atomic mass is 35.5. The summed E-state index contributed by atoms with van der Waals surface area (Å²) in [4.78, 5) is 12.6. The van der Waals surface area contributed by atoms with E-state index in [9.17, 15) is 4.79 Å². The van der Waals surface area contributed by atoms with E-state index in [1.807, 2.05) is 30.3 Å². The molecule has 1 aliphatic heterocycles. The molecule has 0 saturated carbocycles. The zero-order valence-electron chi connectivity index (χ0n) is 12.5. The molecule has 23 heavy (non-hydrogen) atoms. The number of halogens is 2. The monoisotopic (exact) mass is 349 g/mol. The van der Waals surface area contributed by atoms with Crippen molar-refractivity contribution in [2.24, 2.45) is 0 Å². The van der Waals surface area contributed by atoms with Crippen molar-refractivity contribution < 1.29 is 9.53 Å². The smallest absolute Gasteiger partial charge is 0.339 e. The molecule has 1 fully saturated rings. The van der Waals surface area contributed by atoms with E-state index in [2.05, 4.69) is 5.32 Å². The molecule has 0 radical (unpaired) electrons. The van der Waals surface area contributed by atoms with Crippen LogP contribution in [0.15, 0.2) is 48.5 Å². The number of nitrogens with one attached hydrogen (secondary N) is 1. The average molecular weight is 350 g/mol. The molecule has 2 aromatic carbocycles. The van der Waals surface area contributed by atoms with Crippen LogP contribution in [0.2, 0.25) is 10.0 Å². The Kier molecular flexibility index (Phi) is 4.90. The van der Waals surface area contributed by atoms with Crippen molar-refractivity contribution in [2.45, 2.75) is 18.4 Å². The molecule has 0 aliphatic carbocycles. The van der Waals surface area contributed by atoms with Crippen molar-refractivity contribution in [2.75, 3.05) is 13.1 Å². The second-order valence-electron chi connectivity index (χ2n) is 5.66. The van der Waals surface area contributed by atoms with E-state index >= 15 is 0 Å². The molecule has 120 valence electrons. The highest BCUT2D eigenvalue weighted by molar-refractivity contribution is 6.35. The van der Waals surface area contributed by atoms with Crippen molar-refractivity contribution in [3.8, 4) is 0 Å². The lowest BCUT2D eigenvalue weighted by Gasteiger charge is -2.37. The van der Waals surface area contributed by atoms with Crippen LogP contribution in [0.5, 0.6) is 0 Å². The van der Waals surface area contributed by atoms with Crippen LogP contribution in [-0.2, 0) is 10.3 Å². The summed E-state index contributed by atoms with van der Waals surface area (Å²) < 4.78 is 5.96. The molecule has 0 unspecified atom stereocenters. The summed E-state index contributed by atoms with van der Waals surface area (Å²) in [5.74, 6) is -0.403. The Balaban J connectivity index is 1.91. The second-order valence-corrected chi connectivity index (χ2v) is 6.53. The molecule has 0 aromatic heterocycles. The molecular formula is C18H17Cl2NO2. The number of ether oxygens (including phenoxy) is 1. The number of hydrogen-bond donors (Lipinski definition) is 1. The first-order chi connectivity index (χ1) is 11.1. The van der Waals surface area contributed by atoms with Gasteiger partial charge in [0.05, 0.1) is 5.56 Å². The summed E-state index contributed by atoms with van der Waals surface area (Å²) >= 11 is 12.0. The molecule has 0 spiro atoms. The molecule has 1 aliphatic rings. The quantitative estimate of drug-likeness (QED) is 0.833. The number of esters is 1. The fourth-order valence-corrected chi connectivity index (χ4v) is 3.46. The minimum Gasteiger partial charge on any atom is -0.450 e. The van der Waals surface area contributed by atoms with Crippen molar-refractivity contribution in [1.29, 1.82) is 0 Å². The SMILES string of the molecule is O=C(OC1(c2ccccc2)CCNCC1)c1cc(Cl)cc(Cl)c1. The van der Waals surface area contributed by atoms with Gasteiger partial charge in [0, 0.05) is 22.9 Å². The standard InChI is InChI=1S/C18H17Cl2NO2/c19-15-10-13(11-16(20)12-15)17(22)23-18(6-8-21-9-7-18)14-4-2-1-3-5-14/h1-5,10-12,21H,6-9H2. The van der Waals surface area contributed by atoms with E-state index < -0.39 is 11.6 Å². The Bertz CT molecular complexity index is 677. The van der Waals surface area contributed by atoms with Crippen molar-refractivity contribution in [3.63, 3.8) is 0 Å². The third kappa shape index (κ3) is 3.69. The molecule has 5 heteroatoms. The minimum absolute atomic E-state index is 0.372. The van der Waals surface area contributed by atoms with E-state index in [4.69, 9.17) is 27.9 Å². The van der Waals surface area contributed by atoms with Gasteiger partial charge in [-0.3, -0.25) is 0 Å². The van der Waals surface area contributed by atoms with Crippen LogP contribution in [0.25, 0.3) is 0 Å². The van der Waals surface area contributed by atoms with Gasteiger partial charge in [0.2, 0.25) is 0 Å². The summed E-state index contributed by atoms with van der Waals surface area (Å²) in [7, 11) is 0. The lowest BCUT2D eigenvalue weighted by molar-refractivity contribution is -0.0378. The fraction of sp³-hybridized carbons (Fsp3) is 0.278. The fourth-order valence-electron chi connectivity index (χ4n) is 2.93. The van der Waals surface area contributed by atoms with E-state index in [0.29, 0.717) is 15.6 Å². The second kappa shape index (κ2) is 6.91. The van der Waals surface area contributed by atoms with Gasteiger partial charge in [-0.05, 0) is 36.9 Å². The van der Waals surface area contributed by atoms with Gasteiger partial charge in [-0.25, -0.2) is 4.79 Å². The lowest BCUT2D eigenvalue weighted by Crippen LogP contribution is -2.43. The van der Waals surface area contributed by atoms with Crippen LogP contribution in [0.4, 0.5) is 0 Å². The van der Waals surface area contributed by atoms with Gasteiger partial charge >= 0.3 is 5.97 Å². The van der Waals surface area contributed by atoms with E-state index in [1.165, 1.54) is 0 Å². The van der Waals surface area contributed by atoms with Gasteiger partial charge in [-0.2, -0.15) is 0 Å². The van der Waals surface area contributed by atoms with Crippen molar-refractivity contribution in [1.82, 2.24) is 5.32 Å². The Hall–Kier alpha value is -1.55. The third-order valence-corrected chi connectivity index (χ3v) is 4.53. The Morgan fingerprint density at radius 1 is 1.00 bits per heavy atom. The van der Waals surface area contributed by atoms with Crippen LogP contribution in [0.1, 0.15) is 28.8 Å². The number of rotatable bonds is 3. The lowest BCUT2D eigenvalue weighted by atomic mass is 9.84. The van der Waals surface area contributed by atoms with E-state index in [1.54, 1.807) is 18.2 Å². The molecule has 1 saturated heterocycles. The predicted molar refractivity (Wildman–Crippen MR) is 92.1 cm³/mol. The first-order valence-electron chi connectivity index (χ1n) is 7.55. The maximum Gasteiger partial charge on any atom is 0.339 e. The summed E-state index contributed by atoms with van der Waals surface area (Å²) in [6, 6.07) is 14.6. The van der Waals surface area contributed by atoms with E-state index in [-0.39, 0.29) is 0 Å². The van der Waals surface area contributed by atoms with E-state index in [0.717, 1.165) is 31.5 Å². The van der Waals surface area contributed by atoms with Gasteiger partial charge in [0.15, 0.2) is 0 Å². The number of piperidine rings is 1. The van der Waals surface area contributed by atoms with Gasteiger partial charge < -0.3 is 10.1 Å². The summed E-state index contributed by atoms with van der Waals surface area (Å²) in [6.45, 7) is 1.61. The van der Waals surface area contributed by atoms with Crippen molar-refractivity contribution in [3.05, 3.63) is 69.7 Å².